The van der Waals surface area contributed by atoms with Crippen LogP contribution in [-0.4, -0.2) is 28.9 Å². The van der Waals surface area contributed by atoms with Gasteiger partial charge in [-0.2, -0.15) is 0 Å². The van der Waals surface area contributed by atoms with Crippen LogP contribution in [0.3, 0.4) is 0 Å². The van der Waals surface area contributed by atoms with Gasteiger partial charge in [-0.3, -0.25) is 9.59 Å². The lowest BCUT2D eigenvalue weighted by molar-refractivity contribution is -0.129. The molecule has 0 spiro atoms. The van der Waals surface area contributed by atoms with Gasteiger partial charge in [0.2, 0.25) is 11.8 Å². The molecule has 198 valence electrons. The maximum absolute atomic E-state index is 13.5. The number of anilines is 1. The molecule has 2 heterocycles. The van der Waals surface area contributed by atoms with Gasteiger partial charge in [0.15, 0.2) is 0 Å². The molecule has 2 atom stereocenters. The van der Waals surface area contributed by atoms with Gasteiger partial charge >= 0.3 is 0 Å². The minimum absolute atomic E-state index is 0.268. The molecule has 7 nitrogen and oxygen atoms in total. The highest BCUT2D eigenvalue weighted by Gasteiger charge is 2.25. The van der Waals surface area contributed by atoms with Crippen LogP contribution >= 0.6 is 11.3 Å². The van der Waals surface area contributed by atoms with Gasteiger partial charge in [-0.1, -0.05) is 72.8 Å². The quantitative estimate of drug-likeness (QED) is 0.211. The van der Waals surface area contributed by atoms with E-state index in [-0.39, 0.29) is 11.8 Å². The van der Waals surface area contributed by atoms with Gasteiger partial charge in [-0.05, 0) is 46.9 Å². The Morgan fingerprint density at radius 1 is 0.897 bits per heavy atom. The molecule has 8 heteroatoms. The lowest BCUT2D eigenvalue weighted by Gasteiger charge is -2.21. The number of rotatable bonds is 10. The highest BCUT2D eigenvalue weighted by Crippen LogP contribution is 2.28. The Bertz CT molecular complexity index is 1600. The molecule has 2 unspecified atom stereocenters. The predicted molar refractivity (Wildman–Crippen MR) is 158 cm³/mol. The smallest absolute Gasteiger partial charge is 0.243 e. The second kappa shape index (κ2) is 12.1. The SMILES string of the molecule is Nc1nccc2sc(CNC(=O)C(Cc3cccc4ccccc34)NC(=O)C(N)CCc3ccccc3)cc12. The summed E-state index contributed by atoms with van der Waals surface area (Å²) in [7, 11) is 0. The van der Waals surface area contributed by atoms with Crippen LogP contribution in [0, 0.1) is 0 Å². The first-order valence-corrected chi connectivity index (χ1v) is 13.8. The average Bonchev–Trinajstić information content (AvgIpc) is 3.39. The Balaban J connectivity index is 1.31. The highest BCUT2D eigenvalue weighted by atomic mass is 32.1. The zero-order chi connectivity index (χ0) is 27.2. The van der Waals surface area contributed by atoms with Crippen LogP contribution in [0.15, 0.2) is 91.1 Å². The third kappa shape index (κ3) is 6.42. The molecular formula is C31H31N5O2S. The number of nitrogens with two attached hydrogens (primary N) is 2. The summed E-state index contributed by atoms with van der Waals surface area (Å²) in [5, 5.41) is 8.94. The van der Waals surface area contributed by atoms with Gasteiger partial charge in [0.1, 0.15) is 11.9 Å². The van der Waals surface area contributed by atoms with Crippen molar-refractivity contribution in [3.05, 3.63) is 107 Å². The molecule has 5 aromatic rings. The molecule has 0 aliphatic heterocycles. The second-order valence-electron chi connectivity index (χ2n) is 9.57. The summed E-state index contributed by atoms with van der Waals surface area (Å²) in [6.45, 7) is 0.319. The number of thiophene rings is 1. The van der Waals surface area contributed by atoms with E-state index in [1.165, 1.54) is 0 Å². The molecule has 0 aliphatic rings. The number of pyridine rings is 1. The second-order valence-corrected chi connectivity index (χ2v) is 10.7. The van der Waals surface area contributed by atoms with Crippen molar-refractivity contribution < 1.29 is 9.59 Å². The molecule has 2 aromatic heterocycles. The van der Waals surface area contributed by atoms with Gasteiger partial charge in [-0.15, -0.1) is 11.3 Å². The van der Waals surface area contributed by atoms with Crippen molar-refractivity contribution in [2.24, 2.45) is 5.73 Å². The van der Waals surface area contributed by atoms with Crippen LogP contribution in [0.5, 0.6) is 0 Å². The maximum atomic E-state index is 13.5. The Morgan fingerprint density at radius 2 is 1.67 bits per heavy atom. The maximum Gasteiger partial charge on any atom is 0.243 e. The van der Waals surface area contributed by atoms with Crippen molar-refractivity contribution in [1.29, 1.82) is 0 Å². The van der Waals surface area contributed by atoms with Crippen LogP contribution in [0.1, 0.15) is 22.4 Å². The van der Waals surface area contributed by atoms with Crippen LogP contribution in [0.25, 0.3) is 20.9 Å². The first-order chi connectivity index (χ1) is 19.0. The number of amides is 2. The Morgan fingerprint density at radius 3 is 2.49 bits per heavy atom. The Kier molecular flexibility index (Phi) is 8.15. The van der Waals surface area contributed by atoms with Gasteiger partial charge in [0.25, 0.3) is 0 Å². The number of nitrogen functional groups attached to an aromatic ring is 1. The number of benzene rings is 3. The molecule has 0 saturated heterocycles. The first kappa shape index (κ1) is 26.3. The molecule has 0 fully saturated rings. The highest BCUT2D eigenvalue weighted by molar-refractivity contribution is 7.19. The van der Waals surface area contributed by atoms with Gasteiger partial charge < -0.3 is 22.1 Å². The molecule has 39 heavy (non-hydrogen) atoms. The number of hydrogen-bond donors (Lipinski definition) is 4. The van der Waals surface area contributed by atoms with Crippen molar-refractivity contribution >= 4 is 49.8 Å². The van der Waals surface area contributed by atoms with E-state index in [4.69, 9.17) is 11.5 Å². The fourth-order valence-electron chi connectivity index (χ4n) is 4.70. The van der Waals surface area contributed by atoms with E-state index in [1.807, 2.05) is 84.9 Å². The van der Waals surface area contributed by atoms with E-state index in [9.17, 15) is 9.59 Å². The zero-order valence-electron chi connectivity index (χ0n) is 21.5. The van der Waals surface area contributed by atoms with Crippen LogP contribution in [-0.2, 0) is 29.0 Å². The Hall–Kier alpha value is -4.27. The fourth-order valence-corrected chi connectivity index (χ4v) is 5.70. The van der Waals surface area contributed by atoms with Crippen molar-refractivity contribution in [2.45, 2.75) is 37.9 Å². The predicted octanol–water partition coefficient (Wildman–Crippen LogP) is 4.34. The number of nitrogens with one attached hydrogen (secondary N) is 2. The van der Waals surface area contributed by atoms with E-state index < -0.39 is 12.1 Å². The van der Waals surface area contributed by atoms with E-state index in [1.54, 1.807) is 17.5 Å². The minimum Gasteiger partial charge on any atom is -0.383 e. The summed E-state index contributed by atoms with van der Waals surface area (Å²) >= 11 is 1.55. The standard InChI is InChI=1S/C31H31N5O2S/c32-26(14-13-20-7-2-1-3-8-20)30(37)36-27(17-22-11-6-10-21-9-4-5-12-24(21)22)31(38)35-19-23-18-25-28(39-23)15-16-34-29(25)33/h1-12,15-16,18,26-27H,13-14,17,19,32H2,(H2,33,34)(H,35,38)(H,36,37). The molecule has 0 aliphatic carbocycles. The summed E-state index contributed by atoms with van der Waals surface area (Å²) in [6, 6.07) is 26.3. The molecule has 2 amide bonds. The average molecular weight is 538 g/mol. The van der Waals surface area contributed by atoms with Crippen LogP contribution in [0.4, 0.5) is 5.82 Å². The van der Waals surface area contributed by atoms with E-state index in [2.05, 4.69) is 15.6 Å². The fraction of sp³-hybridized carbons (Fsp3) is 0.194. The third-order valence-corrected chi connectivity index (χ3v) is 7.93. The summed E-state index contributed by atoms with van der Waals surface area (Å²) in [5.41, 5.74) is 14.4. The number of aryl methyl sites for hydroxylation is 1. The zero-order valence-corrected chi connectivity index (χ0v) is 22.3. The molecule has 6 N–H and O–H groups in total. The lowest BCUT2D eigenvalue weighted by atomic mass is 9.98. The molecule has 5 rings (SSSR count). The van der Waals surface area contributed by atoms with Crippen molar-refractivity contribution in [3.63, 3.8) is 0 Å². The third-order valence-electron chi connectivity index (χ3n) is 6.82. The van der Waals surface area contributed by atoms with Crippen LogP contribution in [0.2, 0.25) is 0 Å². The molecule has 0 saturated carbocycles. The van der Waals surface area contributed by atoms with Gasteiger partial charge in [0, 0.05) is 27.6 Å². The number of fused-ring (bicyclic) bond motifs is 2. The number of hydrogen-bond acceptors (Lipinski definition) is 6. The van der Waals surface area contributed by atoms with Crippen molar-refractivity contribution in [3.8, 4) is 0 Å². The molecule has 0 radical (unpaired) electrons. The molecule has 3 aromatic carbocycles. The topological polar surface area (TPSA) is 123 Å². The van der Waals surface area contributed by atoms with Crippen molar-refractivity contribution in [1.82, 2.24) is 15.6 Å². The monoisotopic (exact) mass is 537 g/mol. The summed E-state index contributed by atoms with van der Waals surface area (Å²) in [4.78, 5) is 31.7. The largest absolute Gasteiger partial charge is 0.383 e. The summed E-state index contributed by atoms with van der Waals surface area (Å²) in [5.74, 6) is -0.144. The van der Waals surface area contributed by atoms with Gasteiger partial charge in [-0.25, -0.2) is 4.98 Å². The minimum atomic E-state index is -0.785. The number of nitrogens with zero attached hydrogens (tertiary/aromatic N) is 1. The van der Waals surface area contributed by atoms with Crippen molar-refractivity contribution in [2.75, 3.05) is 5.73 Å². The Labute approximate surface area is 231 Å². The lowest BCUT2D eigenvalue weighted by Crippen LogP contribution is -2.52. The molecule has 0 bridgehead atoms. The normalized spacial score (nSPS) is 12.7. The van der Waals surface area contributed by atoms with Gasteiger partial charge in [0.05, 0.1) is 12.6 Å². The number of aromatic nitrogens is 1. The van der Waals surface area contributed by atoms with E-state index >= 15 is 0 Å². The number of carbonyl (C=O) groups excluding carboxylic acids is 2. The van der Waals surface area contributed by atoms with E-state index in [0.717, 1.165) is 36.9 Å². The van der Waals surface area contributed by atoms with Crippen LogP contribution < -0.4 is 22.1 Å². The summed E-state index contributed by atoms with van der Waals surface area (Å²) < 4.78 is 1.01. The first-order valence-electron chi connectivity index (χ1n) is 12.9. The van der Waals surface area contributed by atoms with E-state index in [0.29, 0.717) is 31.6 Å². The summed E-state index contributed by atoms with van der Waals surface area (Å²) in [6.07, 6.45) is 3.18. The molecular weight excluding hydrogens is 506 g/mol. The number of carbonyl (C=O) groups is 2.